The van der Waals surface area contributed by atoms with Gasteiger partial charge in [-0.2, -0.15) is 0 Å². The van der Waals surface area contributed by atoms with Gasteiger partial charge in [0.1, 0.15) is 5.52 Å². The van der Waals surface area contributed by atoms with Crippen molar-refractivity contribution in [2.75, 3.05) is 0 Å². The number of hydrogen-bond donors (Lipinski definition) is 0. The van der Waals surface area contributed by atoms with E-state index in [9.17, 15) is 0 Å². The molecular weight excluding hydrogens is 627 g/mol. The third kappa shape index (κ3) is 3.57. The highest BCUT2D eigenvalue weighted by Gasteiger charge is 2.23. The summed E-state index contributed by atoms with van der Waals surface area (Å²) in [6.45, 7) is 0. The van der Waals surface area contributed by atoms with E-state index in [2.05, 4.69) is 153 Å². The monoisotopic (exact) mass is 651 g/mol. The molecule has 0 saturated carbocycles. The Labute approximate surface area is 289 Å². The lowest BCUT2D eigenvalue weighted by molar-refractivity contribution is 0.605. The second kappa shape index (κ2) is 9.77. The summed E-state index contributed by atoms with van der Waals surface area (Å²) < 4.78 is 10.7. The zero-order chi connectivity index (χ0) is 33.2. The quantitative estimate of drug-likeness (QED) is 0.191. The van der Waals surface area contributed by atoms with E-state index >= 15 is 0 Å². The van der Waals surface area contributed by atoms with Crippen LogP contribution >= 0.6 is 0 Å². The van der Waals surface area contributed by atoms with Gasteiger partial charge < -0.3 is 13.4 Å². The first-order chi connectivity index (χ1) is 25.3. The molecule has 0 atom stereocenters. The number of rotatable bonds is 3. The van der Waals surface area contributed by atoms with Crippen molar-refractivity contribution in [3.8, 4) is 28.3 Å². The van der Waals surface area contributed by atoms with Gasteiger partial charge in [0, 0.05) is 49.1 Å². The molecule has 12 rings (SSSR count). The van der Waals surface area contributed by atoms with Crippen molar-refractivity contribution in [2.45, 2.75) is 0 Å². The fraction of sp³-hybridized carbons (Fsp3) is 0. The Kier molecular flexibility index (Phi) is 5.14. The molecule has 12 aromatic rings. The molecule has 0 aliphatic heterocycles. The van der Waals surface area contributed by atoms with Crippen LogP contribution in [0.25, 0.3) is 110 Å². The van der Waals surface area contributed by atoms with E-state index in [-0.39, 0.29) is 0 Å². The topological polar surface area (TPSA) is 61.2 Å². The highest BCUT2D eigenvalue weighted by Crippen LogP contribution is 2.44. The van der Waals surface area contributed by atoms with E-state index < -0.39 is 0 Å². The van der Waals surface area contributed by atoms with E-state index in [1.165, 1.54) is 21.7 Å². The fourth-order valence-corrected chi connectivity index (χ4v) is 8.42. The molecule has 51 heavy (non-hydrogen) atoms. The molecule has 5 heterocycles. The Balaban J connectivity index is 1.10. The van der Waals surface area contributed by atoms with Crippen LogP contribution in [0.1, 0.15) is 0 Å². The number of para-hydroxylation sites is 4. The Hall–Kier alpha value is -7.05. The summed E-state index contributed by atoms with van der Waals surface area (Å²) in [6.07, 6.45) is 1.55. The van der Waals surface area contributed by atoms with Gasteiger partial charge in [0.05, 0.1) is 44.2 Å². The Morgan fingerprint density at radius 3 is 2.04 bits per heavy atom. The summed E-state index contributed by atoms with van der Waals surface area (Å²) in [7, 11) is 0. The van der Waals surface area contributed by atoms with Crippen molar-refractivity contribution >= 4 is 81.9 Å². The zero-order valence-electron chi connectivity index (χ0n) is 27.1. The number of aromatic nitrogens is 5. The number of hydrogen-bond acceptors (Lipinski definition) is 4. The van der Waals surface area contributed by atoms with Crippen LogP contribution in [0.3, 0.4) is 0 Å². The number of fused-ring (bicyclic) bond motifs is 12. The molecule has 236 valence electrons. The molecule has 6 nitrogen and oxygen atoms in total. The van der Waals surface area contributed by atoms with Gasteiger partial charge in [-0.3, -0.25) is 0 Å². The van der Waals surface area contributed by atoms with Crippen molar-refractivity contribution in [1.82, 2.24) is 23.9 Å². The zero-order valence-corrected chi connectivity index (χ0v) is 27.1. The Bertz CT molecular complexity index is 3370. The van der Waals surface area contributed by atoms with E-state index in [0.717, 1.165) is 82.7 Å². The molecule has 0 aliphatic carbocycles. The van der Waals surface area contributed by atoms with Crippen LogP contribution in [-0.2, 0) is 0 Å². The van der Waals surface area contributed by atoms with Crippen LogP contribution in [0.15, 0.2) is 156 Å². The number of oxazole rings is 1. The normalized spacial score (nSPS) is 12.3. The summed E-state index contributed by atoms with van der Waals surface area (Å²) in [5.74, 6) is 0.700. The van der Waals surface area contributed by atoms with Gasteiger partial charge in [-0.15, -0.1) is 0 Å². The van der Waals surface area contributed by atoms with Crippen LogP contribution in [0.4, 0.5) is 0 Å². The molecule has 0 aliphatic rings. The molecule has 0 radical (unpaired) electrons. The third-order valence-corrected chi connectivity index (χ3v) is 10.6. The maximum Gasteiger partial charge on any atom is 0.182 e. The first kappa shape index (κ1) is 26.9. The molecule has 0 fully saturated rings. The van der Waals surface area contributed by atoms with Crippen LogP contribution in [0.5, 0.6) is 0 Å². The molecule has 0 saturated heterocycles. The first-order valence-electron chi connectivity index (χ1n) is 17.1. The molecule has 6 heteroatoms. The lowest BCUT2D eigenvalue weighted by Crippen LogP contribution is -1.96. The van der Waals surface area contributed by atoms with Gasteiger partial charge in [-0.05, 0) is 66.7 Å². The maximum absolute atomic E-state index is 5.96. The summed E-state index contributed by atoms with van der Waals surface area (Å²) >= 11 is 0. The van der Waals surface area contributed by atoms with E-state index in [1.54, 1.807) is 6.39 Å². The third-order valence-electron chi connectivity index (χ3n) is 10.6. The number of benzene rings is 7. The minimum atomic E-state index is 0.700. The smallest absolute Gasteiger partial charge is 0.182 e. The van der Waals surface area contributed by atoms with Gasteiger partial charge in [0.15, 0.2) is 17.8 Å². The van der Waals surface area contributed by atoms with Gasteiger partial charge >= 0.3 is 0 Å². The van der Waals surface area contributed by atoms with E-state index in [0.29, 0.717) is 5.82 Å². The highest BCUT2D eigenvalue weighted by atomic mass is 16.3. The molecule has 7 aromatic carbocycles. The molecule has 0 spiro atoms. The number of nitrogens with zero attached hydrogens (tertiary/aromatic N) is 5. The van der Waals surface area contributed by atoms with Crippen molar-refractivity contribution in [1.29, 1.82) is 0 Å². The molecular formula is C45H25N5O. The van der Waals surface area contributed by atoms with Crippen molar-refractivity contribution in [3.05, 3.63) is 152 Å². The Morgan fingerprint density at radius 1 is 0.471 bits per heavy atom. The van der Waals surface area contributed by atoms with Gasteiger partial charge in [-0.1, -0.05) is 78.9 Å². The summed E-state index contributed by atoms with van der Waals surface area (Å²) in [4.78, 5) is 15.1. The molecule has 0 amide bonds. The average Bonchev–Trinajstić information content (AvgIpc) is 3.96. The molecule has 0 unspecified atom stereocenters. The van der Waals surface area contributed by atoms with Crippen LogP contribution < -0.4 is 0 Å². The second-order valence-electron chi connectivity index (χ2n) is 13.3. The predicted molar refractivity (Wildman–Crippen MR) is 207 cm³/mol. The highest BCUT2D eigenvalue weighted by molar-refractivity contribution is 6.30. The Morgan fingerprint density at radius 2 is 1.14 bits per heavy atom. The van der Waals surface area contributed by atoms with Crippen LogP contribution in [-0.4, -0.2) is 23.9 Å². The van der Waals surface area contributed by atoms with E-state index in [1.807, 2.05) is 6.07 Å². The predicted octanol–water partition coefficient (Wildman–Crippen LogP) is 11.4. The fourth-order valence-electron chi connectivity index (χ4n) is 8.42. The lowest BCUT2D eigenvalue weighted by atomic mass is 10.0. The molecule has 5 aromatic heterocycles. The standard InChI is InChI=1S/C45H25N5O/c1-2-10-28(11-3-1)49-37-16-8-5-12-29(37)32-23-27(19-21-39(32)49)45-47-35-15-7-4-13-30(35)42(48-45)26-18-20-40-33(22-26)34-24-36-44(51-25-46-36)41-31-14-6-9-17-38(31)50(40)43(34)41/h1-25H. The van der Waals surface area contributed by atoms with Crippen LogP contribution in [0.2, 0.25) is 0 Å². The van der Waals surface area contributed by atoms with E-state index in [4.69, 9.17) is 14.4 Å². The van der Waals surface area contributed by atoms with Crippen molar-refractivity contribution in [2.24, 2.45) is 0 Å². The lowest BCUT2D eigenvalue weighted by Gasteiger charge is -2.11. The van der Waals surface area contributed by atoms with Crippen molar-refractivity contribution in [3.63, 3.8) is 0 Å². The summed E-state index contributed by atoms with van der Waals surface area (Å²) in [6, 6.07) is 51.5. The summed E-state index contributed by atoms with van der Waals surface area (Å²) in [5.41, 5.74) is 12.4. The average molecular weight is 652 g/mol. The van der Waals surface area contributed by atoms with Gasteiger partial charge in [-0.25, -0.2) is 15.0 Å². The van der Waals surface area contributed by atoms with Gasteiger partial charge in [0.2, 0.25) is 0 Å². The minimum absolute atomic E-state index is 0.700. The minimum Gasteiger partial charge on any atom is -0.443 e. The summed E-state index contributed by atoms with van der Waals surface area (Å²) in [5, 5.41) is 7.96. The first-order valence-corrected chi connectivity index (χ1v) is 17.1. The largest absolute Gasteiger partial charge is 0.443 e. The second-order valence-corrected chi connectivity index (χ2v) is 13.3. The van der Waals surface area contributed by atoms with Crippen molar-refractivity contribution < 1.29 is 4.42 Å². The molecule has 0 bridgehead atoms. The van der Waals surface area contributed by atoms with Crippen LogP contribution in [0, 0.1) is 0 Å². The SMILES string of the molecule is c1ccc(-n2c3ccccc3c3cc(-c4nc(-c5ccc6c(c5)c5cc7ncoc7c7c8ccccc8n6c57)c5ccccc5n4)ccc32)cc1. The maximum atomic E-state index is 5.96. The molecule has 0 N–H and O–H groups in total. The van der Waals surface area contributed by atoms with Gasteiger partial charge in [0.25, 0.3) is 0 Å².